The summed E-state index contributed by atoms with van der Waals surface area (Å²) >= 11 is 0. The van der Waals surface area contributed by atoms with Crippen LogP contribution in [0.1, 0.15) is 32.1 Å². The van der Waals surface area contributed by atoms with Gasteiger partial charge in [-0.15, -0.1) is 15.3 Å². The third kappa shape index (κ3) is 2.39. The van der Waals surface area contributed by atoms with Gasteiger partial charge in [-0.05, 0) is 49.4 Å². The molecule has 3 heterocycles. The highest BCUT2D eigenvalue weighted by Gasteiger charge is 2.36. The van der Waals surface area contributed by atoms with Crippen LogP contribution in [-0.2, 0) is 0 Å². The molecule has 128 valence electrons. The topological polar surface area (TPSA) is 46.3 Å². The molecule has 0 N–H and O–H groups in total. The van der Waals surface area contributed by atoms with Gasteiger partial charge in [0, 0.05) is 12.6 Å². The van der Waals surface area contributed by atoms with E-state index in [4.69, 9.17) is 5.10 Å². The van der Waals surface area contributed by atoms with Crippen molar-refractivity contribution in [1.29, 1.82) is 0 Å². The van der Waals surface area contributed by atoms with E-state index in [1.165, 1.54) is 38.2 Å². The van der Waals surface area contributed by atoms with Crippen molar-refractivity contribution >= 4 is 11.5 Å². The highest BCUT2D eigenvalue weighted by Crippen LogP contribution is 2.38. The standard InChI is InChI=1S/C19H20FN5/c20-15-7-3-2-6-14(15)19-22-21-17-9-10-18(23-25(17)19)24-12-11-13-5-1-4-8-16(13)24/h2-3,6-7,9-10,13,16H,1,4-5,8,11-12H2. The summed E-state index contributed by atoms with van der Waals surface area (Å²) in [5.41, 5.74) is 1.07. The Bertz CT molecular complexity index is 921. The number of anilines is 1. The van der Waals surface area contributed by atoms with E-state index < -0.39 is 0 Å². The fraction of sp³-hybridized carbons (Fsp3) is 0.421. The Hall–Kier alpha value is -2.50. The number of rotatable bonds is 2. The van der Waals surface area contributed by atoms with E-state index in [0.717, 1.165) is 18.3 Å². The minimum Gasteiger partial charge on any atom is -0.352 e. The lowest BCUT2D eigenvalue weighted by molar-refractivity contribution is 0.341. The number of halogens is 1. The van der Waals surface area contributed by atoms with E-state index in [1.54, 1.807) is 22.7 Å². The van der Waals surface area contributed by atoms with Crippen molar-refractivity contribution in [3.05, 3.63) is 42.2 Å². The molecule has 6 heteroatoms. The Morgan fingerprint density at radius 2 is 1.84 bits per heavy atom. The van der Waals surface area contributed by atoms with Gasteiger partial charge in [0.05, 0.1) is 5.56 Å². The number of nitrogens with zero attached hydrogens (tertiary/aromatic N) is 5. The predicted octanol–water partition coefficient (Wildman–Crippen LogP) is 3.70. The quantitative estimate of drug-likeness (QED) is 0.715. The number of hydrogen-bond acceptors (Lipinski definition) is 4. The van der Waals surface area contributed by atoms with E-state index in [-0.39, 0.29) is 5.82 Å². The predicted molar refractivity (Wildman–Crippen MR) is 93.9 cm³/mol. The van der Waals surface area contributed by atoms with Crippen LogP contribution in [0.4, 0.5) is 10.2 Å². The van der Waals surface area contributed by atoms with Gasteiger partial charge in [-0.3, -0.25) is 0 Å². The second-order valence-electron chi connectivity index (χ2n) is 7.06. The molecule has 0 spiro atoms. The lowest BCUT2D eigenvalue weighted by Crippen LogP contribution is -2.35. The highest BCUT2D eigenvalue weighted by atomic mass is 19.1. The molecule has 1 aromatic carbocycles. The van der Waals surface area contributed by atoms with Gasteiger partial charge >= 0.3 is 0 Å². The molecule has 5 nitrogen and oxygen atoms in total. The molecule has 0 radical (unpaired) electrons. The van der Waals surface area contributed by atoms with Crippen molar-refractivity contribution in [3.8, 4) is 11.4 Å². The first-order chi connectivity index (χ1) is 12.3. The van der Waals surface area contributed by atoms with E-state index in [9.17, 15) is 4.39 Å². The van der Waals surface area contributed by atoms with Crippen molar-refractivity contribution < 1.29 is 4.39 Å². The average molecular weight is 337 g/mol. The fourth-order valence-electron chi connectivity index (χ4n) is 4.43. The Labute approximate surface area is 145 Å². The molecule has 2 aromatic heterocycles. The number of fused-ring (bicyclic) bond motifs is 2. The molecule has 3 aromatic rings. The largest absolute Gasteiger partial charge is 0.352 e. The fourth-order valence-corrected chi connectivity index (χ4v) is 4.43. The molecule has 0 bridgehead atoms. The molecule has 2 unspecified atom stereocenters. The molecule has 25 heavy (non-hydrogen) atoms. The van der Waals surface area contributed by atoms with Crippen LogP contribution in [0.25, 0.3) is 17.0 Å². The summed E-state index contributed by atoms with van der Waals surface area (Å²) in [5, 5.41) is 13.1. The molecule has 2 atom stereocenters. The first-order valence-corrected chi connectivity index (χ1v) is 9.05. The second kappa shape index (κ2) is 5.79. The molecule has 1 saturated carbocycles. The minimum absolute atomic E-state index is 0.308. The monoisotopic (exact) mass is 337 g/mol. The smallest absolute Gasteiger partial charge is 0.188 e. The maximum Gasteiger partial charge on any atom is 0.188 e. The summed E-state index contributed by atoms with van der Waals surface area (Å²) < 4.78 is 15.9. The summed E-state index contributed by atoms with van der Waals surface area (Å²) in [6, 6.07) is 11.2. The summed E-state index contributed by atoms with van der Waals surface area (Å²) in [6.07, 6.45) is 6.47. The van der Waals surface area contributed by atoms with Crippen molar-refractivity contribution in [2.45, 2.75) is 38.1 Å². The van der Waals surface area contributed by atoms with Crippen molar-refractivity contribution in [1.82, 2.24) is 19.8 Å². The van der Waals surface area contributed by atoms with Gasteiger partial charge in [-0.1, -0.05) is 25.0 Å². The van der Waals surface area contributed by atoms with E-state index in [2.05, 4.69) is 15.1 Å². The van der Waals surface area contributed by atoms with E-state index in [1.807, 2.05) is 12.1 Å². The molecule has 2 fully saturated rings. The van der Waals surface area contributed by atoms with Gasteiger partial charge in [-0.25, -0.2) is 4.39 Å². The zero-order valence-electron chi connectivity index (χ0n) is 14.0. The SMILES string of the molecule is Fc1ccccc1-c1nnc2ccc(N3CCC4CCCCC43)nn12. The van der Waals surface area contributed by atoms with Crippen LogP contribution < -0.4 is 4.90 Å². The molecule has 1 aliphatic carbocycles. The van der Waals surface area contributed by atoms with Crippen LogP contribution in [0, 0.1) is 11.7 Å². The summed E-state index contributed by atoms with van der Waals surface area (Å²) in [5.74, 6) is 1.88. The average Bonchev–Trinajstić information content (AvgIpc) is 3.26. The maximum atomic E-state index is 14.2. The summed E-state index contributed by atoms with van der Waals surface area (Å²) in [7, 11) is 0. The maximum absolute atomic E-state index is 14.2. The van der Waals surface area contributed by atoms with Gasteiger partial charge < -0.3 is 4.90 Å². The van der Waals surface area contributed by atoms with Crippen LogP contribution in [0.2, 0.25) is 0 Å². The highest BCUT2D eigenvalue weighted by molar-refractivity contribution is 5.60. The van der Waals surface area contributed by atoms with Gasteiger partial charge in [0.2, 0.25) is 0 Å². The first-order valence-electron chi connectivity index (χ1n) is 9.05. The van der Waals surface area contributed by atoms with Crippen molar-refractivity contribution in [2.24, 2.45) is 5.92 Å². The van der Waals surface area contributed by atoms with Crippen LogP contribution in [0.15, 0.2) is 36.4 Å². The molecular formula is C19H20FN5. The lowest BCUT2D eigenvalue weighted by atomic mass is 9.85. The Morgan fingerprint density at radius 3 is 2.76 bits per heavy atom. The van der Waals surface area contributed by atoms with Crippen LogP contribution in [0.5, 0.6) is 0 Å². The van der Waals surface area contributed by atoms with Gasteiger partial charge in [0.15, 0.2) is 11.5 Å². The molecular weight excluding hydrogens is 317 g/mol. The molecule has 1 aliphatic heterocycles. The van der Waals surface area contributed by atoms with Crippen molar-refractivity contribution in [2.75, 3.05) is 11.4 Å². The zero-order valence-corrected chi connectivity index (χ0v) is 14.0. The second-order valence-corrected chi connectivity index (χ2v) is 7.06. The molecule has 2 aliphatic rings. The van der Waals surface area contributed by atoms with Crippen LogP contribution in [0.3, 0.4) is 0 Å². The number of hydrogen-bond donors (Lipinski definition) is 0. The van der Waals surface area contributed by atoms with Crippen LogP contribution in [-0.4, -0.2) is 32.4 Å². The van der Waals surface area contributed by atoms with E-state index in [0.29, 0.717) is 23.1 Å². The number of aromatic nitrogens is 4. The zero-order chi connectivity index (χ0) is 16.8. The summed E-state index contributed by atoms with van der Waals surface area (Å²) in [4.78, 5) is 2.42. The third-order valence-electron chi connectivity index (χ3n) is 5.67. The number of benzene rings is 1. The Balaban J connectivity index is 1.58. The molecule has 5 rings (SSSR count). The van der Waals surface area contributed by atoms with Gasteiger partial charge in [0.1, 0.15) is 11.6 Å². The lowest BCUT2D eigenvalue weighted by Gasteiger charge is -2.32. The third-order valence-corrected chi connectivity index (χ3v) is 5.67. The Morgan fingerprint density at radius 1 is 0.960 bits per heavy atom. The van der Waals surface area contributed by atoms with Crippen LogP contribution >= 0.6 is 0 Å². The minimum atomic E-state index is -0.308. The molecule has 1 saturated heterocycles. The first kappa shape index (κ1) is 14.8. The normalized spacial score (nSPS) is 23.2. The van der Waals surface area contributed by atoms with E-state index >= 15 is 0 Å². The van der Waals surface area contributed by atoms with Gasteiger partial charge in [-0.2, -0.15) is 4.52 Å². The Kier molecular flexibility index (Phi) is 3.43. The van der Waals surface area contributed by atoms with Crippen molar-refractivity contribution in [3.63, 3.8) is 0 Å². The molecule has 0 amide bonds. The van der Waals surface area contributed by atoms with Gasteiger partial charge in [0.25, 0.3) is 0 Å². The summed E-state index contributed by atoms with van der Waals surface area (Å²) in [6.45, 7) is 1.05.